The summed E-state index contributed by atoms with van der Waals surface area (Å²) in [4.78, 5) is 12.5. The number of ether oxygens (including phenoxy) is 2. The molecule has 0 amide bonds. The molecule has 0 aliphatic carbocycles. The average molecular weight is 527 g/mol. The average Bonchev–Trinajstić information content (AvgIpc) is 2.88. The lowest BCUT2D eigenvalue weighted by Gasteiger charge is -2.18. The van der Waals surface area contributed by atoms with Crippen molar-refractivity contribution in [2.45, 2.75) is 32.2 Å². The number of carbonyl (C=O) groups is 1. The number of aryl methyl sites for hydroxylation is 1. The number of halogens is 5. The minimum atomic E-state index is -5.51. The van der Waals surface area contributed by atoms with E-state index in [1.54, 1.807) is 24.3 Å². The summed E-state index contributed by atoms with van der Waals surface area (Å²) in [6.45, 7) is 2.15. The van der Waals surface area contributed by atoms with Crippen molar-refractivity contribution in [1.29, 1.82) is 0 Å². The van der Waals surface area contributed by atoms with Crippen LogP contribution < -0.4 is 4.74 Å². The second-order valence-electron chi connectivity index (χ2n) is 8.58. The van der Waals surface area contributed by atoms with Gasteiger partial charge in [-0.15, -0.1) is 13.2 Å². The number of carbonyl (C=O) groups excluding carboxylic acids is 1. The molecule has 0 saturated heterocycles. The second kappa shape index (κ2) is 11.1. The summed E-state index contributed by atoms with van der Waals surface area (Å²) in [6.07, 6.45) is -7.94. The lowest BCUT2D eigenvalue weighted by atomic mass is 9.98. The molecule has 0 fully saturated rings. The third kappa shape index (κ3) is 6.83. The van der Waals surface area contributed by atoms with Gasteiger partial charge in [0.25, 0.3) is 0 Å². The molecule has 0 atom stereocenters. The maximum absolute atomic E-state index is 13.6. The molecule has 4 aromatic rings. The molecule has 0 saturated carbocycles. The van der Waals surface area contributed by atoms with Crippen LogP contribution >= 0.6 is 0 Å². The van der Waals surface area contributed by atoms with Crippen molar-refractivity contribution in [1.82, 2.24) is 0 Å². The zero-order valence-corrected chi connectivity index (χ0v) is 20.3. The first-order chi connectivity index (χ1) is 18.0. The summed E-state index contributed by atoms with van der Waals surface area (Å²) in [5.41, 5.74) is 4.54. The second-order valence-corrected chi connectivity index (χ2v) is 8.58. The lowest BCUT2D eigenvalue weighted by Crippen LogP contribution is -2.27. The molecule has 4 aromatic carbocycles. The van der Waals surface area contributed by atoms with E-state index in [-0.39, 0.29) is 11.3 Å². The van der Waals surface area contributed by atoms with E-state index in [1.165, 1.54) is 5.56 Å². The van der Waals surface area contributed by atoms with Crippen LogP contribution in [-0.2, 0) is 17.3 Å². The van der Waals surface area contributed by atoms with Gasteiger partial charge in [0.1, 0.15) is 5.75 Å². The molecule has 0 aliphatic heterocycles. The fraction of sp³-hybridized carbons (Fsp3) is 0.167. The van der Waals surface area contributed by atoms with E-state index in [0.29, 0.717) is 12.1 Å². The molecule has 0 N–H and O–H groups in total. The maximum atomic E-state index is 13.6. The Hall–Kier alpha value is -4.04. The Kier molecular flexibility index (Phi) is 7.92. The molecule has 0 unspecified atom stereocenters. The summed E-state index contributed by atoms with van der Waals surface area (Å²) < 4.78 is 71.7. The minimum Gasteiger partial charge on any atom is -0.423 e. The van der Waals surface area contributed by atoms with Gasteiger partial charge >= 0.3 is 18.4 Å². The van der Waals surface area contributed by atoms with Crippen molar-refractivity contribution < 1.29 is 36.2 Å². The fourth-order valence-corrected chi connectivity index (χ4v) is 3.89. The van der Waals surface area contributed by atoms with Crippen molar-refractivity contribution in [3.8, 4) is 28.0 Å². The van der Waals surface area contributed by atoms with E-state index >= 15 is 0 Å². The Morgan fingerprint density at radius 3 is 1.55 bits per heavy atom. The molecular formula is C30H23F5O3. The maximum Gasteiger partial charge on any atom is 0.527 e. The highest BCUT2D eigenvalue weighted by Gasteiger charge is 2.46. The fourth-order valence-electron chi connectivity index (χ4n) is 3.89. The van der Waals surface area contributed by atoms with Crippen LogP contribution in [0.15, 0.2) is 97.1 Å². The molecule has 8 heteroatoms. The van der Waals surface area contributed by atoms with Gasteiger partial charge in [0.05, 0.1) is 11.1 Å². The van der Waals surface area contributed by atoms with Crippen LogP contribution in [-0.4, -0.2) is 12.3 Å². The number of hydrogen-bond acceptors (Lipinski definition) is 3. The van der Waals surface area contributed by atoms with Crippen LogP contribution in [0.25, 0.3) is 22.3 Å². The van der Waals surface area contributed by atoms with E-state index in [1.807, 2.05) is 24.3 Å². The molecule has 0 spiro atoms. The number of alkyl halides is 5. The Bertz CT molecular complexity index is 1360. The highest BCUT2D eigenvalue weighted by Crippen LogP contribution is 2.36. The van der Waals surface area contributed by atoms with Crippen LogP contribution in [0.2, 0.25) is 0 Å². The van der Waals surface area contributed by atoms with Gasteiger partial charge < -0.3 is 4.74 Å². The van der Waals surface area contributed by atoms with Gasteiger partial charge in [0.15, 0.2) is 0 Å². The Balaban J connectivity index is 1.39. The number of rotatable bonds is 8. The monoisotopic (exact) mass is 526 g/mol. The Labute approximate surface area is 216 Å². The van der Waals surface area contributed by atoms with Crippen molar-refractivity contribution in [2.75, 3.05) is 0 Å². The Morgan fingerprint density at radius 2 is 1.11 bits per heavy atom. The highest BCUT2D eigenvalue weighted by atomic mass is 19.4. The Morgan fingerprint density at radius 1 is 0.658 bits per heavy atom. The molecule has 0 bridgehead atoms. The molecule has 0 heterocycles. The molecule has 38 heavy (non-hydrogen) atoms. The normalized spacial score (nSPS) is 11.8. The first-order valence-electron chi connectivity index (χ1n) is 11.8. The first-order valence-corrected chi connectivity index (χ1v) is 11.8. The van der Waals surface area contributed by atoms with Crippen molar-refractivity contribution in [2.24, 2.45) is 0 Å². The van der Waals surface area contributed by atoms with E-state index in [0.717, 1.165) is 47.2 Å². The zero-order valence-electron chi connectivity index (χ0n) is 20.3. The molecule has 3 nitrogen and oxygen atoms in total. The SMILES string of the molecule is CCCc1ccc(-c2ccc(-c3ccc(C(=O)Oc4ccc(C(F)(F)OC(F)(F)F)cc4)cc3)cc2)cc1. The summed E-state index contributed by atoms with van der Waals surface area (Å²) in [6, 6.07) is 26.5. The number of hydrogen-bond donors (Lipinski definition) is 0. The molecule has 4 rings (SSSR count). The van der Waals surface area contributed by atoms with Crippen LogP contribution in [0.5, 0.6) is 5.75 Å². The summed E-state index contributed by atoms with van der Waals surface area (Å²) in [5.74, 6) is -0.853. The molecule has 196 valence electrons. The van der Waals surface area contributed by atoms with Crippen molar-refractivity contribution in [3.63, 3.8) is 0 Å². The first kappa shape index (κ1) is 27.0. The highest BCUT2D eigenvalue weighted by molar-refractivity contribution is 5.91. The van der Waals surface area contributed by atoms with Gasteiger partial charge in [-0.05, 0) is 70.6 Å². The van der Waals surface area contributed by atoms with Crippen LogP contribution in [0.1, 0.15) is 34.8 Å². The summed E-state index contributed by atoms with van der Waals surface area (Å²) in [5, 5.41) is 0. The van der Waals surface area contributed by atoms with E-state index < -0.39 is 24.0 Å². The van der Waals surface area contributed by atoms with Crippen molar-refractivity contribution >= 4 is 5.97 Å². The smallest absolute Gasteiger partial charge is 0.423 e. The van der Waals surface area contributed by atoms with Crippen molar-refractivity contribution in [3.05, 3.63) is 114 Å². The van der Waals surface area contributed by atoms with E-state index in [4.69, 9.17) is 4.74 Å². The van der Waals surface area contributed by atoms with Gasteiger partial charge in [0.2, 0.25) is 0 Å². The number of benzene rings is 4. The zero-order chi connectivity index (χ0) is 27.3. The topological polar surface area (TPSA) is 35.5 Å². The minimum absolute atomic E-state index is 0.107. The van der Waals surface area contributed by atoms with Gasteiger partial charge in [-0.3, -0.25) is 0 Å². The van der Waals surface area contributed by atoms with E-state index in [2.05, 4.69) is 35.9 Å². The third-order valence-electron chi connectivity index (χ3n) is 5.81. The number of esters is 1. The predicted octanol–water partition coefficient (Wildman–Crippen LogP) is 8.78. The largest absolute Gasteiger partial charge is 0.527 e. The molecule has 0 radical (unpaired) electrons. The van der Waals surface area contributed by atoms with Gasteiger partial charge in [0, 0.05) is 0 Å². The van der Waals surface area contributed by atoms with Gasteiger partial charge in [-0.1, -0.05) is 74.0 Å². The van der Waals surface area contributed by atoms with Crippen LogP contribution in [0.3, 0.4) is 0 Å². The summed E-state index contributed by atoms with van der Waals surface area (Å²) >= 11 is 0. The third-order valence-corrected chi connectivity index (χ3v) is 5.81. The van der Waals surface area contributed by atoms with Crippen LogP contribution in [0.4, 0.5) is 22.0 Å². The predicted molar refractivity (Wildman–Crippen MR) is 134 cm³/mol. The van der Waals surface area contributed by atoms with Gasteiger partial charge in [-0.2, -0.15) is 8.78 Å². The quantitative estimate of drug-likeness (QED) is 0.131. The lowest BCUT2D eigenvalue weighted by molar-refractivity contribution is -0.431. The molecule has 0 aliphatic rings. The van der Waals surface area contributed by atoms with Crippen LogP contribution in [0, 0.1) is 0 Å². The summed E-state index contributed by atoms with van der Waals surface area (Å²) in [7, 11) is 0. The van der Waals surface area contributed by atoms with E-state index in [9.17, 15) is 26.7 Å². The molecular weight excluding hydrogens is 503 g/mol. The van der Waals surface area contributed by atoms with Gasteiger partial charge in [-0.25, -0.2) is 9.53 Å². The standard InChI is InChI=1S/C30H23F5O3/c1-2-3-20-4-6-21(7-5-20)22-8-10-23(11-9-22)24-12-14-25(15-13-24)28(36)37-27-18-16-26(17-19-27)29(31,32)38-30(33,34)35/h4-19H,2-3H2,1H3. The molecule has 0 aromatic heterocycles.